The Labute approximate surface area is 206 Å². The van der Waals surface area contributed by atoms with Crippen LogP contribution in [-0.4, -0.2) is 42.4 Å². The lowest BCUT2D eigenvalue weighted by Gasteiger charge is -2.15. The van der Waals surface area contributed by atoms with Gasteiger partial charge in [0, 0.05) is 23.1 Å². The minimum Gasteiger partial charge on any atom is -0.347 e. The van der Waals surface area contributed by atoms with Gasteiger partial charge in [-0.3, -0.25) is 9.59 Å². The van der Waals surface area contributed by atoms with Crippen molar-refractivity contribution in [2.75, 3.05) is 0 Å². The SMILES string of the molecule is C[C@H](NC(=O)c1cc(C(=O)NCc2csc(C(C)(C)C)c2)ncn1)c1ccc(-c2nn[nH]n2)cc1. The van der Waals surface area contributed by atoms with Crippen molar-refractivity contribution in [1.29, 1.82) is 0 Å². The van der Waals surface area contributed by atoms with E-state index in [1.807, 2.05) is 36.6 Å². The van der Waals surface area contributed by atoms with Crippen molar-refractivity contribution < 1.29 is 9.59 Å². The molecule has 180 valence electrons. The number of carbonyl (C=O) groups excluding carboxylic acids is 2. The number of nitrogens with zero attached hydrogens (tertiary/aromatic N) is 5. The fourth-order valence-electron chi connectivity index (χ4n) is 3.30. The quantitative estimate of drug-likeness (QED) is 0.361. The van der Waals surface area contributed by atoms with Gasteiger partial charge in [-0.25, -0.2) is 9.97 Å². The van der Waals surface area contributed by atoms with E-state index in [0.717, 1.165) is 16.7 Å². The van der Waals surface area contributed by atoms with Gasteiger partial charge >= 0.3 is 0 Å². The maximum Gasteiger partial charge on any atom is 0.270 e. The molecule has 35 heavy (non-hydrogen) atoms. The molecule has 4 rings (SSSR count). The maximum absolute atomic E-state index is 12.8. The van der Waals surface area contributed by atoms with Crippen LogP contribution in [0.4, 0.5) is 0 Å². The lowest BCUT2D eigenvalue weighted by molar-refractivity contribution is 0.0934. The molecule has 0 aliphatic carbocycles. The molecule has 4 aromatic rings. The average Bonchev–Trinajstić information content (AvgIpc) is 3.55. The Balaban J connectivity index is 1.36. The number of benzene rings is 1. The number of amides is 2. The fraction of sp³-hybridized carbons (Fsp3) is 0.292. The summed E-state index contributed by atoms with van der Waals surface area (Å²) >= 11 is 1.67. The normalized spacial score (nSPS) is 12.2. The number of H-pyrrole nitrogens is 1. The van der Waals surface area contributed by atoms with E-state index < -0.39 is 5.91 Å². The van der Waals surface area contributed by atoms with Crippen molar-refractivity contribution in [3.05, 3.63) is 75.5 Å². The predicted octanol–water partition coefficient (Wildman–Crippen LogP) is 3.44. The summed E-state index contributed by atoms with van der Waals surface area (Å²) in [6.07, 6.45) is 1.22. The third kappa shape index (κ3) is 5.93. The summed E-state index contributed by atoms with van der Waals surface area (Å²) in [5.74, 6) is -0.271. The van der Waals surface area contributed by atoms with Gasteiger partial charge in [0.25, 0.3) is 11.8 Å². The average molecular weight is 491 g/mol. The molecule has 0 unspecified atom stereocenters. The molecule has 0 saturated carbocycles. The van der Waals surface area contributed by atoms with Crippen LogP contribution in [0.25, 0.3) is 11.4 Å². The first-order chi connectivity index (χ1) is 16.7. The van der Waals surface area contributed by atoms with Crippen LogP contribution in [0.3, 0.4) is 0 Å². The highest BCUT2D eigenvalue weighted by atomic mass is 32.1. The number of hydrogen-bond donors (Lipinski definition) is 3. The zero-order valence-corrected chi connectivity index (χ0v) is 20.7. The Kier molecular flexibility index (Phi) is 6.97. The van der Waals surface area contributed by atoms with Gasteiger partial charge in [0.2, 0.25) is 5.82 Å². The number of nitrogens with one attached hydrogen (secondary N) is 3. The van der Waals surface area contributed by atoms with Crippen LogP contribution in [0, 0.1) is 0 Å². The van der Waals surface area contributed by atoms with Crippen LogP contribution >= 0.6 is 11.3 Å². The Morgan fingerprint density at radius 1 is 1.06 bits per heavy atom. The van der Waals surface area contributed by atoms with Crippen molar-refractivity contribution in [2.45, 2.75) is 45.7 Å². The van der Waals surface area contributed by atoms with Gasteiger partial charge in [-0.15, -0.1) is 21.5 Å². The number of aromatic nitrogens is 6. The molecule has 11 heteroatoms. The van der Waals surface area contributed by atoms with E-state index in [0.29, 0.717) is 12.4 Å². The van der Waals surface area contributed by atoms with E-state index in [-0.39, 0.29) is 28.8 Å². The largest absolute Gasteiger partial charge is 0.347 e. The highest BCUT2D eigenvalue weighted by molar-refractivity contribution is 7.10. The molecule has 10 nitrogen and oxygen atoms in total. The van der Waals surface area contributed by atoms with E-state index in [1.165, 1.54) is 17.3 Å². The lowest BCUT2D eigenvalue weighted by Crippen LogP contribution is -2.29. The van der Waals surface area contributed by atoms with Gasteiger partial charge in [-0.05, 0) is 40.1 Å². The zero-order valence-electron chi connectivity index (χ0n) is 19.9. The summed E-state index contributed by atoms with van der Waals surface area (Å²) in [6.45, 7) is 8.71. The number of hydrogen-bond acceptors (Lipinski definition) is 8. The van der Waals surface area contributed by atoms with Gasteiger partial charge < -0.3 is 10.6 Å². The first-order valence-electron chi connectivity index (χ1n) is 11.0. The molecule has 0 aliphatic rings. The smallest absolute Gasteiger partial charge is 0.270 e. The molecule has 1 aromatic carbocycles. The van der Waals surface area contributed by atoms with E-state index in [9.17, 15) is 9.59 Å². The third-order valence-electron chi connectivity index (χ3n) is 5.34. The van der Waals surface area contributed by atoms with Gasteiger partial charge in [-0.1, -0.05) is 45.0 Å². The standard InChI is InChI=1S/C24H26N8O2S/c1-14(16-5-7-17(8-6-16)21-29-31-32-30-21)28-23(34)19-10-18(26-13-27-19)22(33)25-11-15-9-20(35-12-15)24(2,3)4/h5-10,12-14H,11H2,1-4H3,(H,25,33)(H,28,34)(H,29,30,31,32)/t14-/m0/s1. The fourth-order valence-corrected chi connectivity index (χ4v) is 4.30. The summed E-state index contributed by atoms with van der Waals surface area (Å²) in [5.41, 5.74) is 3.04. The van der Waals surface area contributed by atoms with Gasteiger partial charge in [0.1, 0.15) is 17.7 Å². The summed E-state index contributed by atoms with van der Waals surface area (Å²) in [5, 5.41) is 21.7. The Bertz CT molecular complexity index is 1310. The molecule has 0 saturated heterocycles. The Morgan fingerprint density at radius 2 is 1.77 bits per heavy atom. The first-order valence-corrected chi connectivity index (χ1v) is 11.9. The molecule has 3 N–H and O–H groups in total. The molecule has 0 fully saturated rings. The first kappa shape index (κ1) is 24.1. The Hall–Kier alpha value is -3.99. The van der Waals surface area contributed by atoms with Gasteiger partial charge in [0.15, 0.2) is 0 Å². The summed E-state index contributed by atoms with van der Waals surface area (Å²) in [4.78, 5) is 34.7. The number of tetrazole rings is 1. The molecule has 0 radical (unpaired) electrons. The van der Waals surface area contributed by atoms with Crippen LogP contribution < -0.4 is 10.6 Å². The summed E-state index contributed by atoms with van der Waals surface area (Å²) < 4.78 is 0. The molecule has 0 spiro atoms. The number of rotatable bonds is 7. The summed E-state index contributed by atoms with van der Waals surface area (Å²) in [7, 11) is 0. The predicted molar refractivity (Wildman–Crippen MR) is 132 cm³/mol. The van der Waals surface area contributed by atoms with E-state index in [1.54, 1.807) is 11.3 Å². The molecule has 0 aliphatic heterocycles. The number of aromatic amines is 1. The maximum atomic E-state index is 12.8. The van der Waals surface area contributed by atoms with Crippen LogP contribution in [-0.2, 0) is 12.0 Å². The second-order valence-corrected chi connectivity index (χ2v) is 10.0. The van der Waals surface area contributed by atoms with E-state index in [2.05, 4.69) is 68.1 Å². The molecule has 0 bridgehead atoms. The van der Waals surface area contributed by atoms with E-state index in [4.69, 9.17) is 0 Å². The second-order valence-electron chi connectivity index (χ2n) is 9.09. The van der Waals surface area contributed by atoms with Crippen LogP contribution in [0.1, 0.15) is 70.7 Å². The van der Waals surface area contributed by atoms with Crippen LogP contribution in [0.15, 0.2) is 48.1 Å². The van der Waals surface area contributed by atoms with Gasteiger partial charge in [-0.2, -0.15) is 5.21 Å². The van der Waals surface area contributed by atoms with Crippen molar-refractivity contribution >= 4 is 23.2 Å². The Morgan fingerprint density at radius 3 is 2.40 bits per heavy atom. The second kappa shape index (κ2) is 10.1. The molecule has 3 aromatic heterocycles. The van der Waals surface area contributed by atoms with Crippen molar-refractivity contribution in [3.8, 4) is 11.4 Å². The van der Waals surface area contributed by atoms with Crippen LogP contribution in [0.2, 0.25) is 0 Å². The highest BCUT2D eigenvalue weighted by Crippen LogP contribution is 2.28. The van der Waals surface area contributed by atoms with E-state index >= 15 is 0 Å². The highest BCUT2D eigenvalue weighted by Gasteiger charge is 2.18. The minimum absolute atomic E-state index is 0.0647. The molecular formula is C24H26N8O2S. The third-order valence-corrected chi connectivity index (χ3v) is 6.74. The van der Waals surface area contributed by atoms with Crippen molar-refractivity contribution in [3.63, 3.8) is 0 Å². The molecule has 2 amide bonds. The summed E-state index contributed by atoms with van der Waals surface area (Å²) in [6, 6.07) is 10.7. The molecule has 1 atom stereocenters. The van der Waals surface area contributed by atoms with Crippen molar-refractivity contribution in [2.24, 2.45) is 0 Å². The number of thiophene rings is 1. The topological polar surface area (TPSA) is 138 Å². The van der Waals surface area contributed by atoms with Crippen molar-refractivity contribution in [1.82, 2.24) is 41.2 Å². The number of carbonyl (C=O) groups is 2. The monoisotopic (exact) mass is 490 g/mol. The zero-order chi connectivity index (χ0) is 25.0. The lowest BCUT2D eigenvalue weighted by atomic mass is 9.94. The van der Waals surface area contributed by atoms with Gasteiger partial charge in [0.05, 0.1) is 6.04 Å². The minimum atomic E-state index is -0.399. The molecular weight excluding hydrogens is 464 g/mol. The molecule has 3 heterocycles. The van der Waals surface area contributed by atoms with Crippen LogP contribution in [0.5, 0.6) is 0 Å².